The molecule has 1 saturated carbocycles. The lowest BCUT2D eigenvalue weighted by Crippen LogP contribution is -2.30. The number of rotatable bonds is 4. The van der Waals surface area contributed by atoms with Crippen LogP contribution in [-0.4, -0.2) is 20.2 Å². The van der Waals surface area contributed by atoms with Gasteiger partial charge in [0.15, 0.2) is 0 Å². The molecule has 1 aliphatic heterocycles. The molecule has 2 fully saturated rings. The van der Waals surface area contributed by atoms with Crippen molar-refractivity contribution in [2.24, 2.45) is 11.8 Å². The minimum absolute atomic E-state index is 0.0368. The topological polar surface area (TPSA) is 80.8 Å². The summed E-state index contributed by atoms with van der Waals surface area (Å²) < 4.78 is 30.0. The van der Waals surface area contributed by atoms with E-state index in [9.17, 15) is 18.0 Å². The summed E-state index contributed by atoms with van der Waals surface area (Å²) in [6.07, 6.45) is 3.35. The Labute approximate surface area is 157 Å². The van der Waals surface area contributed by atoms with Crippen LogP contribution in [0.2, 0.25) is 0 Å². The van der Waals surface area contributed by atoms with E-state index < -0.39 is 10.1 Å². The summed E-state index contributed by atoms with van der Waals surface area (Å²) in [6, 6.07) is 13.9. The summed E-state index contributed by atoms with van der Waals surface area (Å²) in [5.41, 5.74) is 0.347. The first-order valence-electron chi connectivity index (χ1n) is 8.95. The van der Waals surface area contributed by atoms with Crippen LogP contribution < -0.4 is 9.08 Å². The van der Waals surface area contributed by atoms with E-state index in [1.807, 2.05) is 0 Å². The molecule has 0 spiro atoms. The van der Waals surface area contributed by atoms with Crippen LogP contribution in [0.15, 0.2) is 59.5 Å². The van der Waals surface area contributed by atoms with Gasteiger partial charge >= 0.3 is 10.1 Å². The first-order valence-corrected chi connectivity index (χ1v) is 10.4. The summed E-state index contributed by atoms with van der Waals surface area (Å²) in [6.45, 7) is 0. The van der Waals surface area contributed by atoms with Crippen molar-refractivity contribution in [3.8, 4) is 5.75 Å². The number of benzene rings is 2. The van der Waals surface area contributed by atoms with Crippen LogP contribution in [0.4, 0.5) is 5.69 Å². The van der Waals surface area contributed by atoms with Gasteiger partial charge in [0.05, 0.1) is 17.5 Å². The molecule has 0 radical (unpaired) electrons. The number of amides is 2. The fraction of sp³-hybridized carbons (Fsp3) is 0.300. The van der Waals surface area contributed by atoms with E-state index in [0.29, 0.717) is 5.69 Å². The van der Waals surface area contributed by atoms with E-state index in [2.05, 4.69) is 0 Å². The second-order valence-corrected chi connectivity index (χ2v) is 8.40. The van der Waals surface area contributed by atoms with E-state index >= 15 is 0 Å². The number of anilines is 1. The molecule has 2 aromatic carbocycles. The van der Waals surface area contributed by atoms with Crippen LogP contribution in [0.5, 0.6) is 5.75 Å². The van der Waals surface area contributed by atoms with Crippen molar-refractivity contribution in [1.82, 2.24) is 0 Å². The maximum Gasteiger partial charge on any atom is 0.339 e. The molecular formula is C20H19NO5S. The van der Waals surface area contributed by atoms with Gasteiger partial charge in [-0.1, -0.05) is 37.1 Å². The molecule has 140 valence electrons. The number of fused-ring (bicyclic) bond motifs is 1. The zero-order chi connectivity index (χ0) is 19.0. The van der Waals surface area contributed by atoms with Crippen molar-refractivity contribution >= 4 is 27.6 Å². The molecule has 1 aliphatic carbocycles. The van der Waals surface area contributed by atoms with Gasteiger partial charge in [-0.3, -0.25) is 9.59 Å². The number of hydrogen-bond donors (Lipinski definition) is 0. The normalized spacial score (nSPS) is 22.6. The third-order valence-electron chi connectivity index (χ3n) is 5.15. The summed E-state index contributed by atoms with van der Waals surface area (Å²) in [4.78, 5) is 26.6. The molecule has 4 rings (SSSR count). The smallest absolute Gasteiger partial charge is 0.339 e. The molecule has 0 unspecified atom stereocenters. The predicted molar refractivity (Wildman–Crippen MR) is 98.6 cm³/mol. The highest BCUT2D eigenvalue weighted by Gasteiger charge is 2.48. The van der Waals surface area contributed by atoms with Gasteiger partial charge in [-0.25, -0.2) is 4.90 Å². The highest BCUT2D eigenvalue weighted by atomic mass is 32.2. The van der Waals surface area contributed by atoms with Crippen LogP contribution in [0.3, 0.4) is 0 Å². The summed E-state index contributed by atoms with van der Waals surface area (Å²) in [5, 5.41) is 0. The number of nitrogens with zero attached hydrogens (tertiary/aromatic N) is 1. The Balaban J connectivity index is 1.62. The Hall–Kier alpha value is -2.67. The van der Waals surface area contributed by atoms with Crippen LogP contribution >= 0.6 is 0 Å². The van der Waals surface area contributed by atoms with Crippen molar-refractivity contribution < 1.29 is 22.2 Å². The molecule has 1 heterocycles. The molecule has 2 aromatic rings. The van der Waals surface area contributed by atoms with Gasteiger partial charge in [0, 0.05) is 6.07 Å². The van der Waals surface area contributed by atoms with Gasteiger partial charge in [-0.2, -0.15) is 8.42 Å². The maximum absolute atomic E-state index is 12.7. The Bertz CT molecular complexity index is 962. The largest absolute Gasteiger partial charge is 0.379 e. The van der Waals surface area contributed by atoms with Gasteiger partial charge in [-0.15, -0.1) is 0 Å². The molecule has 27 heavy (non-hydrogen) atoms. The zero-order valence-corrected chi connectivity index (χ0v) is 15.4. The van der Waals surface area contributed by atoms with Crippen LogP contribution in [-0.2, 0) is 19.7 Å². The van der Waals surface area contributed by atoms with Gasteiger partial charge in [0.1, 0.15) is 10.6 Å². The van der Waals surface area contributed by atoms with Crippen molar-refractivity contribution in [3.05, 3.63) is 54.6 Å². The van der Waals surface area contributed by atoms with E-state index in [0.717, 1.165) is 25.7 Å². The van der Waals surface area contributed by atoms with E-state index in [-0.39, 0.29) is 34.3 Å². The first-order chi connectivity index (χ1) is 13.0. The van der Waals surface area contributed by atoms with Crippen molar-refractivity contribution in [2.75, 3.05) is 4.90 Å². The SMILES string of the molecule is O=C1[C@H]2CCCC[C@H]2C(=O)N1c1cccc(OS(=O)(=O)c2ccccc2)c1. The molecule has 7 heteroatoms. The van der Waals surface area contributed by atoms with Gasteiger partial charge in [0.2, 0.25) is 11.8 Å². The highest BCUT2D eigenvalue weighted by Crippen LogP contribution is 2.40. The van der Waals surface area contributed by atoms with Gasteiger partial charge in [-0.05, 0) is 37.1 Å². The molecule has 2 amide bonds. The number of carbonyl (C=O) groups excluding carboxylic acids is 2. The molecule has 0 bridgehead atoms. The third-order valence-corrected chi connectivity index (χ3v) is 6.42. The van der Waals surface area contributed by atoms with Crippen LogP contribution in [0.25, 0.3) is 0 Å². The van der Waals surface area contributed by atoms with E-state index in [4.69, 9.17) is 4.18 Å². The lowest BCUT2D eigenvalue weighted by Gasteiger charge is -2.19. The lowest BCUT2D eigenvalue weighted by molar-refractivity contribution is -0.122. The second kappa shape index (κ2) is 6.81. The van der Waals surface area contributed by atoms with Crippen molar-refractivity contribution in [3.63, 3.8) is 0 Å². The molecule has 6 nitrogen and oxygen atoms in total. The monoisotopic (exact) mass is 385 g/mol. The maximum atomic E-state index is 12.7. The molecule has 2 aliphatic rings. The van der Waals surface area contributed by atoms with Crippen molar-refractivity contribution in [1.29, 1.82) is 0 Å². The van der Waals surface area contributed by atoms with Crippen LogP contribution in [0, 0.1) is 11.8 Å². The van der Waals surface area contributed by atoms with Crippen LogP contribution in [0.1, 0.15) is 25.7 Å². The predicted octanol–water partition coefficient (Wildman–Crippen LogP) is 3.13. The summed E-state index contributed by atoms with van der Waals surface area (Å²) >= 11 is 0. The highest BCUT2D eigenvalue weighted by molar-refractivity contribution is 7.87. The molecule has 2 atom stereocenters. The average molecular weight is 385 g/mol. The fourth-order valence-electron chi connectivity index (χ4n) is 3.85. The Morgan fingerprint density at radius 3 is 2.11 bits per heavy atom. The fourth-order valence-corrected chi connectivity index (χ4v) is 4.80. The summed E-state index contributed by atoms with van der Waals surface area (Å²) in [5.74, 6) is -0.861. The quantitative estimate of drug-likeness (QED) is 0.597. The third kappa shape index (κ3) is 3.23. The average Bonchev–Trinajstić information content (AvgIpc) is 2.93. The minimum atomic E-state index is -3.99. The number of hydrogen-bond acceptors (Lipinski definition) is 5. The number of imide groups is 1. The molecule has 0 N–H and O–H groups in total. The lowest BCUT2D eigenvalue weighted by atomic mass is 9.81. The second-order valence-electron chi connectivity index (χ2n) is 6.86. The Kier molecular flexibility index (Phi) is 4.47. The number of carbonyl (C=O) groups is 2. The Morgan fingerprint density at radius 2 is 1.48 bits per heavy atom. The minimum Gasteiger partial charge on any atom is -0.379 e. The van der Waals surface area contributed by atoms with Crippen molar-refractivity contribution in [2.45, 2.75) is 30.6 Å². The van der Waals surface area contributed by atoms with Gasteiger partial charge < -0.3 is 4.18 Å². The molecular weight excluding hydrogens is 366 g/mol. The van der Waals surface area contributed by atoms with E-state index in [1.165, 1.54) is 29.2 Å². The zero-order valence-electron chi connectivity index (χ0n) is 14.6. The molecule has 1 saturated heterocycles. The first kappa shape index (κ1) is 17.7. The van der Waals surface area contributed by atoms with Gasteiger partial charge in [0.25, 0.3) is 0 Å². The standard InChI is InChI=1S/C20H19NO5S/c22-19-17-11-4-5-12-18(17)20(23)21(19)14-7-6-8-15(13-14)26-27(24,25)16-9-2-1-3-10-16/h1-3,6-10,13,17-18H,4-5,11-12H2/t17-,18+. The van der Waals surface area contributed by atoms with E-state index in [1.54, 1.807) is 30.3 Å². The Morgan fingerprint density at radius 1 is 0.852 bits per heavy atom. The molecule has 0 aromatic heterocycles. The summed E-state index contributed by atoms with van der Waals surface area (Å²) in [7, 11) is -3.99.